The minimum Gasteiger partial charge on any atom is -0.370 e. The van der Waals surface area contributed by atoms with Gasteiger partial charge in [-0.2, -0.15) is 5.10 Å². The summed E-state index contributed by atoms with van der Waals surface area (Å²) in [6.45, 7) is 3.61. The molecule has 4 rings (SSSR count). The molecule has 1 saturated heterocycles. The average Bonchev–Trinajstić information content (AvgIpc) is 3.38. The van der Waals surface area contributed by atoms with Crippen LogP contribution in [0.3, 0.4) is 0 Å². The Kier molecular flexibility index (Phi) is 7.86. The van der Waals surface area contributed by atoms with Crippen molar-refractivity contribution in [1.29, 1.82) is 0 Å². The first-order valence-electron chi connectivity index (χ1n) is 9.82. The van der Waals surface area contributed by atoms with Gasteiger partial charge in [-0.1, -0.05) is 30.3 Å². The van der Waals surface area contributed by atoms with Crippen molar-refractivity contribution in [2.24, 2.45) is 12.0 Å². The number of aliphatic imine (C=N–C) groups is 1. The number of nitrogens with one attached hydrogen (secondary N) is 1. The van der Waals surface area contributed by atoms with Crippen molar-refractivity contribution in [3.05, 3.63) is 72.1 Å². The minimum absolute atomic E-state index is 0. The number of nitrogens with zero attached hydrogens (tertiary/aromatic N) is 6. The molecule has 0 aliphatic carbocycles. The molecule has 0 bridgehead atoms. The second-order valence-electron chi connectivity index (χ2n) is 7.11. The molecule has 1 aliphatic heterocycles. The third-order valence-electron chi connectivity index (χ3n) is 5.08. The number of imidazole rings is 1. The Morgan fingerprint density at radius 3 is 2.87 bits per heavy atom. The third kappa shape index (κ3) is 5.39. The van der Waals surface area contributed by atoms with E-state index < -0.39 is 0 Å². The minimum atomic E-state index is -0.00364. The number of benzene rings is 1. The molecule has 0 saturated carbocycles. The summed E-state index contributed by atoms with van der Waals surface area (Å²) in [7, 11) is 3.73. The topological polar surface area (TPSA) is 72.5 Å². The molecule has 3 aromatic rings. The lowest BCUT2D eigenvalue weighted by atomic mass is 10.1. The van der Waals surface area contributed by atoms with Gasteiger partial charge in [-0.3, -0.25) is 9.67 Å². The van der Waals surface area contributed by atoms with E-state index in [1.54, 1.807) is 4.68 Å². The van der Waals surface area contributed by atoms with Crippen LogP contribution in [-0.2, 0) is 24.9 Å². The predicted molar refractivity (Wildman–Crippen MR) is 127 cm³/mol. The molecule has 0 amide bonds. The number of halogens is 1. The van der Waals surface area contributed by atoms with Gasteiger partial charge in [0.25, 0.3) is 0 Å². The van der Waals surface area contributed by atoms with Crippen molar-refractivity contribution < 1.29 is 4.74 Å². The molecule has 0 spiro atoms. The van der Waals surface area contributed by atoms with Crippen LogP contribution in [0.2, 0.25) is 0 Å². The van der Waals surface area contributed by atoms with Crippen molar-refractivity contribution in [3.8, 4) is 0 Å². The lowest BCUT2D eigenvalue weighted by molar-refractivity contribution is -0.00806. The van der Waals surface area contributed by atoms with E-state index in [1.807, 2.05) is 44.9 Å². The molecule has 8 nitrogen and oxygen atoms in total. The zero-order chi connectivity index (χ0) is 20.1. The van der Waals surface area contributed by atoms with E-state index in [4.69, 9.17) is 4.74 Å². The highest BCUT2D eigenvalue weighted by atomic mass is 127. The summed E-state index contributed by atoms with van der Waals surface area (Å²) < 4.78 is 9.91. The van der Waals surface area contributed by atoms with Gasteiger partial charge in [-0.15, -0.1) is 24.0 Å². The lowest BCUT2D eigenvalue weighted by Crippen LogP contribution is -2.48. The van der Waals surface area contributed by atoms with E-state index in [0.29, 0.717) is 13.2 Å². The van der Waals surface area contributed by atoms with Crippen LogP contribution >= 0.6 is 24.0 Å². The quantitative estimate of drug-likeness (QED) is 0.317. The van der Waals surface area contributed by atoms with Crippen LogP contribution in [0, 0.1) is 0 Å². The van der Waals surface area contributed by atoms with E-state index in [-0.39, 0.29) is 30.1 Å². The highest BCUT2D eigenvalue weighted by Crippen LogP contribution is 2.21. The van der Waals surface area contributed by atoms with Gasteiger partial charge in [0.05, 0.1) is 25.9 Å². The van der Waals surface area contributed by atoms with Gasteiger partial charge in [-0.05, 0) is 5.56 Å². The Bertz CT molecular complexity index is 953. The van der Waals surface area contributed by atoms with Gasteiger partial charge in [0, 0.05) is 51.3 Å². The number of hydrogen-bond acceptors (Lipinski definition) is 4. The number of aryl methyl sites for hydroxylation is 1. The lowest BCUT2D eigenvalue weighted by Gasteiger charge is -2.34. The van der Waals surface area contributed by atoms with E-state index in [1.165, 1.54) is 5.56 Å². The Morgan fingerprint density at radius 1 is 1.30 bits per heavy atom. The van der Waals surface area contributed by atoms with Crippen molar-refractivity contribution >= 4 is 29.9 Å². The van der Waals surface area contributed by atoms with E-state index in [0.717, 1.165) is 37.0 Å². The maximum Gasteiger partial charge on any atom is 0.194 e. The zero-order valence-corrected chi connectivity index (χ0v) is 19.6. The van der Waals surface area contributed by atoms with Crippen LogP contribution in [0.1, 0.15) is 23.1 Å². The Morgan fingerprint density at radius 2 is 2.13 bits per heavy atom. The molecule has 1 atom stereocenters. The average molecular weight is 521 g/mol. The van der Waals surface area contributed by atoms with Crippen LogP contribution in [0.25, 0.3) is 0 Å². The summed E-state index contributed by atoms with van der Waals surface area (Å²) in [6, 6.07) is 10.4. The Labute approximate surface area is 194 Å². The number of rotatable bonds is 5. The Balaban J connectivity index is 0.00000256. The second-order valence-corrected chi connectivity index (χ2v) is 7.11. The van der Waals surface area contributed by atoms with Crippen molar-refractivity contribution in [2.45, 2.75) is 19.2 Å². The smallest absolute Gasteiger partial charge is 0.194 e. The summed E-state index contributed by atoms with van der Waals surface area (Å²) >= 11 is 0. The van der Waals surface area contributed by atoms with E-state index in [9.17, 15) is 0 Å². The largest absolute Gasteiger partial charge is 0.370 e. The number of ether oxygens (including phenoxy) is 1. The monoisotopic (exact) mass is 521 g/mol. The standard InChI is InChI=1S/C21H27N7O.HI/c1-22-21(28-10-11-29-19(16-28)18-12-25-26(2)15-18)24-13-20-23-8-9-27(20)14-17-6-4-3-5-7-17;/h3-9,12,15,19H,10-11,13-14,16H2,1-2H3,(H,22,24);1H. The molecule has 1 aliphatic rings. The van der Waals surface area contributed by atoms with Gasteiger partial charge in [0.1, 0.15) is 11.9 Å². The first-order chi connectivity index (χ1) is 14.2. The van der Waals surface area contributed by atoms with Crippen molar-refractivity contribution in [3.63, 3.8) is 0 Å². The van der Waals surface area contributed by atoms with Gasteiger partial charge in [-0.25, -0.2) is 4.98 Å². The maximum absolute atomic E-state index is 5.94. The first kappa shape index (κ1) is 22.3. The predicted octanol–water partition coefficient (Wildman–Crippen LogP) is 2.43. The van der Waals surface area contributed by atoms with Gasteiger partial charge in [0.15, 0.2) is 5.96 Å². The molecule has 1 fully saturated rings. The summed E-state index contributed by atoms with van der Waals surface area (Å²) in [5, 5.41) is 7.72. The fourth-order valence-electron chi connectivity index (χ4n) is 3.57. The van der Waals surface area contributed by atoms with Crippen LogP contribution in [-0.4, -0.2) is 56.9 Å². The summed E-state index contributed by atoms with van der Waals surface area (Å²) in [5.74, 6) is 1.84. The van der Waals surface area contributed by atoms with Gasteiger partial charge >= 0.3 is 0 Å². The number of morpholine rings is 1. The van der Waals surface area contributed by atoms with Gasteiger partial charge in [0.2, 0.25) is 0 Å². The SMILES string of the molecule is CN=C(NCc1nccn1Cc1ccccc1)N1CCOC(c2cnn(C)c2)C1.I. The van der Waals surface area contributed by atoms with Crippen LogP contribution in [0.4, 0.5) is 0 Å². The van der Waals surface area contributed by atoms with Crippen LogP contribution in [0.5, 0.6) is 0 Å². The fourth-order valence-corrected chi connectivity index (χ4v) is 3.57. The molecule has 1 N–H and O–H groups in total. The van der Waals surface area contributed by atoms with Crippen molar-refractivity contribution in [1.82, 2.24) is 29.5 Å². The molecular formula is C21H28IN7O. The number of guanidine groups is 1. The summed E-state index contributed by atoms with van der Waals surface area (Å²) in [6.07, 6.45) is 7.72. The molecule has 30 heavy (non-hydrogen) atoms. The molecule has 0 radical (unpaired) electrons. The first-order valence-corrected chi connectivity index (χ1v) is 9.82. The molecular weight excluding hydrogens is 493 g/mol. The molecule has 2 aromatic heterocycles. The van der Waals surface area contributed by atoms with Gasteiger partial charge < -0.3 is 19.5 Å². The number of hydrogen-bond donors (Lipinski definition) is 1. The molecule has 9 heteroatoms. The molecule has 1 unspecified atom stereocenters. The fraction of sp³-hybridized carbons (Fsp3) is 0.381. The third-order valence-corrected chi connectivity index (χ3v) is 5.08. The highest BCUT2D eigenvalue weighted by Gasteiger charge is 2.25. The van der Waals surface area contributed by atoms with E-state index in [2.05, 4.69) is 54.1 Å². The van der Waals surface area contributed by atoms with Crippen molar-refractivity contribution in [2.75, 3.05) is 26.7 Å². The highest BCUT2D eigenvalue weighted by molar-refractivity contribution is 14.0. The molecule has 160 valence electrons. The maximum atomic E-state index is 5.94. The summed E-state index contributed by atoms with van der Waals surface area (Å²) in [5.41, 5.74) is 2.34. The zero-order valence-electron chi connectivity index (χ0n) is 17.3. The van der Waals surface area contributed by atoms with E-state index >= 15 is 0 Å². The number of aromatic nitrogens is 4. The van der Waals surface area contributed by atoms with Crippen LogP contribution < -0.4 is 5.32 Å². The summed E-state index contributed by atoms with van der Waals surface area (Å²) in [4.78, 5) is 11.2. The molecule has 3 heterocycles. The van der Waals surface area contributed by atoms with Crippen LogP contribution in [0.15, 0.2) is 60.1 Å². The normalized spacial score (nSPS) is 16.9. The Hall–Kier alpha value is -2.40. The molecule has 1 aromatic carbocycles. The second kappa shape index (κ2) is 10.6.